The van der Waals surface area contributed by atoms with E-state index in [4.69, 9.17) is 0 Å². The third-order valence-electron chi connectivity index (χ3n) is 5.52. The zero-order valence-corrected chi connectivity index (χ0v) is 16.7. The van der Waals surface area contributed by atoms with Crippen LogP contribution in [0.1, 0.15) is 5.56 Å². The maximum absolute atomic E-state index is 4.60. The summed E-state index contributed by atoms with van der Waals surface area (Å²) in [4.78, 5) is 21.1. The van der Waals surface area contributed by atoms with Crippen LogP contribution >= 0.6 is 0 Å². The van der Waals surface area contributed by atoms with Gasteiger partial charge in [0, 0.05) is 52.9 Å². The zero-order valence-electron chi connectivity index (χ0n) is 16.7. The molecule has 0 aliphatic carbocycles. The number of aryl methyl sites for hydroxylation is 1. The Bertz CT molecular complexity index is 1550. The lowest BCUT2D eigenvalue weighted by Gasteiger charge is -2.04. The number of hydrogen-bond acceptors (Lipinski definition) is 5. The van der Waals surface area contributed by atoms with Crippen molar-refractivity contribution in [2.24, 2.45) is 0 Å². The summed E-state index contributed by atoms with van der Waals surface area (Å²) in [5.74, 6) is 0. The fourth-order valence-electron chi connectivity index (χ4n) is 3.93. The summed E-state index contributed by atoms with van der Waals surface area (Å²) in [6.45, 7) is 2.06. The van der Waals surface area contributed by atoms with Crippen LogP contribution in [0.2, 0.25) is 0 Å². The van der Waals surface area contributed by atoms with Crippen molar-refractivity contribution in [1.29, 1.82) is 0 Å². The summed E-state index contributed by atoms with van der Waals surface area (Å²) in [6.07, 6.45) is 10.9. The van der Waals surface area contributed by atoms with Crippen LogP contribution in [0, 0.1) is 6.92 Å². The molecule has 0 spiro atoms. The first-order valence-electron chi connectivity index (χ1n) is 9.91. The molecular weight excluding hydrogens is 386 g/mol. The fraction of sp³-hybridized carbons (Fsp3) is 0.0417. The SMILES string of the molecule is Cc1ccncc1-c1cc2c(-c3cc4c(-c5cccnc5)ccnc4[nH]3)n[nH]c2cn1. The van der Waals surface area contributed by atoms with Crippen LogP contribution in [-0.4, -0.2) is 35.1 Å². The second kappa shape index (κ2) is 6.84. The molecule has 0 aromatic carbocycles. The summed E-state index contributed by atoms with van der Waals surface area (Å²) in [5.41, 5.74) is 8.53. The Balaban J connectivity index is 1.52. The quantitative estimate of drug-likeness (QED) is 0.437. The molecule has 0 saturated heterocycles. The number of hydrogen-bond donors (Lipinski definition) is 2. The molecule has 7 nitrogen and oxygen atoms in total. The molecule has 31 heavy (non-hydrogen) atoms. The summed E-state index contributed by atoms with van der Waals surface area (Å²) in [7, 11) is 0. The van der Waals surface area contributed by atoms with Gasteiger partial charge in [0.25, 0.3) is 0 Å². The highest BCUT2D eigenvalue weighted by atomic mass is 15.1. The van der Waals surface area contributed by atoms with Crippen LogP contribution < -0.4 is 0 Å². The van der Waals surface area contributed by atoms with E-state index in [-0.39, 0.29) is 0 Å². The number of pyridine rings is 4. The number of rotatable bonds is 3. The van der Waals surface area contributed by atoms with Crippen LogP contribution in [0.3, 0.4) is 0 Å². The van der Waals surface area contributed by atoms with Gasteiger partial charge in [-0.05, 0) is 48.4 Å². The molecule has 2 N–H and O–H groups in total. The van der Waals surface area contributed by atoms with E-state index >= 15 is 0 Å². The van der Waals surface area contributed by atoms with Crippen molar-refractivity contribution in [3.63, 3.8) is 0 Å². The smallest absolute Gasteiger partial charge is 0.138 e. The molecule has 0 atom stereocenters. The van der Waals surface area contributed by atoms with Gasteiger partial charge in [0.1, 0.15) is 11.3 Å². The van der Waals surface area contributed by atoms with Crippen molar-refractivity contribution in [3.05, 3.63) is 79.1 Å². The van der Waals surface area contributed by atoms with Crippen molar-refractivity contribution >= 4 is 21.9 Å². The Morgan fingerprint density at radius 3 is 2.61 bits per heavy atom. The standard InChI is InChI=1S/C24H17N7/c1-14-4-7-26-12-19(14)20-10-18-22(13-28-20)30-31-23(18)21-9-17-16(5-8-27-24(17)29-21)15-3-2-6-25-11-15/h2-13H,1H3,(H,27,29)(H,30,31). The molecule has 0 radical (unpaired) electrons. The highest BCUT2D eigenvalue weighted by molar-refractivity contribution is 6.00. The van der Waals surface area contributed by atoms with Gasteiger partial charge in [0.15, 0.2) is 0 Å². The number of nitrogens with one attached hydrogen (secondary N) is 2. The molecule has 0 unspecified atom stereocenters. The first-order chi connectivity index (χ1) is 15.3. The maximum atomic E-state index is 4.60. The molecule has 6 aromatic heterocycles. The first kappa shape index (κ1) is 17.5. The molecule has 0 bridgehead atoms. The van der Waals surface area contributed by atoms with Gasteiger partial charge in [-0.25, -0.2) is 4.98 Å². The third kappa shape index (κ3) is 2.86. The highest BCUT2D eigenvalue weighted by Gasteiger charge is 2.15. The Labute approximate surface area is 177 Å². The van der Waals surface area contributed by atoms with Gasteiger partial charge in [0.05, 0.1) is 23.1 Å². The van der Waals surface area contributed by atoms with Gasteiger partial charge >= 0.3 is 0 Å². The Hall–Kier alpha value is -4.39. The summed E-state index contributed by atoms with van der Waals surface area (Å²) in [6, 6.07) is 12.1. The molecule has 6 rings (SSSR count). The molecule has 7 heteroatoms. The van der Waals surface area contributed by atoms with E-state index in [1.807, 2.05) is 42.9 Å². The van der Waals surface area contributed by atoms with E-state index in [9.17, 15) is 0 Å². The predicted octanol–water partition coefficient (Wildman–Crippen LogP) is 4.93. The van der Waals surface area contributed by atoms with E-state index in [0.29, 0.717) is 0 Å². The predicted molar refractivity (Wildman–Crippen MR) is 120 cm³/mol. The number of fused-ring (bicyclic) bond motifs is 2. The van der Waals surface area contributed by atoms with Gasteiger partial charge in [-0.15, -0.1) is 0 Å². The highest BCUT2D eigenvalue weighted by Crippen LogP contribution is 2.34. The number of H-pyrrole nitrogens is 2. The molecule has 6 aromatic rings. The van der Waals surface area contributed by atoms with Gasteiger partial charge in [-0.3, -0.25) is 20.1 Å². The first-order valence-corrected chi connectivity index (χ1v) is 9.91. The van der Waals surface area contributed by atoms with E-state index in [1.54, 1.807) is 18.6 Å². The van der Waals surface area contributed by atoms with Gasteiger partial charge in [0.2, 0.25) is 0 Å². The lowest BCUT2D eigenvalue weighted by atomic mass is 10.0. The number of nitrogens with zero attached hydrogens (tertiary/aromatic N) is 5. The van der Waals surface area contributed by atoms with Crippen molar-refractivity contribution in [2.45, 2.75) is 6.92 Å². The third-order valence-corrected chi connectivity index (χ3v) is 5.52. The largest absolute Gasteiger partial charge is 0.338 e. The molecule has 0 amide bonds. The van der Waals surface area contributed by atoms with Gasteiger partial charge in [-0.1, -0.05) is 6.07 Å². The Morgan fingerprint density at radius 1 is 0.806 bits per heavy atom. The Morgan fingerprint density at radius 2 is 1.74 bits per heavy atom. The van der Waals surface area contributed by atoms with E-state index in [1.165, 1.54) is 0 Å². The van der Waals surface area contributed by atoms with Crippen LogP contribution in [0.15, 0.2) is 73.6 Å². The minimum atomic E-state index is 0.810. The normalized spacial score (nSPS) is 11.4. The minimum absolute atomic E-state index is 0.810. The van der Waals surface area contributed by atoms with E-state index in [2.05, 4.69) is 54.2 Å². The molecule has 0 saturated carbocycles. The monoisotopic (exact) mass is 403 g/mol. The molecule has 0 fully saturated rings. The minimum Gasteiger partial charge on any atom is -0.338 e. The molecule has 6 heterocycles. The van der Waals surface area contributed by atoms with Crippen LogP contribution in [0.25, 0.3) is 55.7 Å². The van der Waals surface area contributed by atoms with Crippen LogP contribution in [-0.2, 0) is 0 Å². The van der Waals surface area contributed by atoms with E-state index in [0.717, 1.165) is 61.3 Å². The van der Waals surface area contributed by atoms with Crippen molar-refractivity contribution in [3.8, 4) is 33.8 Å². The lowest BCUT2D eigenvalue weighted by molar-refractivity contribution is 1.11. The van der Waals surface area contributed by atoms with Crippen LogP contribution in [0.4, 0.5) is 0 Å². The fourth-order valence-corrected chi connectivity index (χ4v) is 3.93. The van der Waals surface area contributed by atoms with Crippen LogP contribution in [0.5, 0.6) is 0 Å². The average Bonchev–Trinajstić information content (AvgIpc) is 3.43. The topological polar surface area (TPSA) is 96.0 Å². The summed E-state index contributed by atoms with van der Waals surface area (Å²) < 4.78 is 0. The second-order valence-electron chi connectivity index (χ2n) is 7.42. The zero-order chi connectivity index (χ0) is 20.8. The number of aromatic nitrogens is 7. The van der Waals surface area contributed by atoms with Crippen molar-refractivity contribution in [1.82, 2.24) is 35.1 Å². The Kier molecular flexibility index (Phi) is 3.86. The lowest BCUT2D eigenvalue weighted by Crippen LogP contribution is -1.88. The molecule has 148 valence electrons. The summed E-state index contributed by atoms with van der Waals surface area (Å²) >= 11 is 0. The van der Waals surface area contributed by atoms with E-state index < -0.39 is 0 Å². The second-order valence-corrected chi connectivity index (χ2v) is 7.42. The van der Waals surface area contributed by atoms with Gasteiger partial charge in [-0.2, -0.15) is 5.10 Å². The number of aromatic amines is 2. The average molecular weight is 403 g/mol. The van der Waals surface area contributed by atoms with Crippen molar-refractivity contribution < 1.29 is 0 Å². The van der Waals surface area contributed by atoms with Crippen molar-refractivity contribution in [2.75, 3.05) is 0 Å². The molecule has 0 aliphatic rings. The van der Waals surface area contributed by atoms with Gasteiger partial charge < -0.3 is 4.98 Å². The molecular formula is C24H17N7. The summed E-state index contributed by atoms with van der Waals surface area (Å²) in [5, 5.41) is 9.68. The maximum Gasteiger partial charge on any atom is 0.138 e. The molecule has 0 aliphatic heterocycles.